The summed E-state index contributed by atoms with van der Waals surface area (Å²) in [5.41, 5.74) is 0. The van der Waals surface area contributed by atoms with Crippen LogP contribution in [0.3, 0.4) is 0 Å². The molecule has 4 nitrogen and oxygen atoms in total. The maximum absolute atomic E-state index is 13.1. The summed E-state index contributed by atoms with van der Waals surface area (Å²) in [7, 11) is 0. The van der Waals surface area contributed by atoms with Gasteiger partial charge in [0.2, 0.25) is 11.7 Å². The fourth-order valence-corrected chi connectivity index (χ4v) is 2.03. The summed E-state index contributed by atoms with van der Waals surface area (Å²) in [6, 6.07) is 4.37. The molecule has 6 heteroatoms. The molecule has 2 aromatic rings. The normalized spacial score (nSPS) is 14.8. The second-order valence-electron chi connectivity index (χ2n) is 4.22. The smallest absolute Gasteiger partial charge is 0.229 e. The highest BCUT2D eigenvalue weighted by molar-refractivity contribution is 9.10. The second-order valence-corrected chi connectivity index (χ2v) is 5.13. The van der Waals surface area contributed by atoms with Crippen molar-refractivity contribution in [1.82, 2.24) is 10.1 Å². The molecule has 1 heterocycles. The Hall–Kier alpha value is -1.43. The van der Waals surface area contributed by atoms with Crippen LogP contribution in [0.1, 0.15) is 30.5 Å². The van der Waals surface area contributed by atoms with Gasteiger partial charge in [-0.2, -0.15) is 4.98 Å². The van der Waals surface area contributed by atoms with Crippen molar-refractivity contribution in [2.24, 2.45) is 0 Å². The van der Waals surface area contributed by atoms with E-state index in [1.165, 1.54) is 12.1 Å². The van der Waals surface area contributed by atoms with Crippen molar-refractivity contribution in [3.63, 3.8) is 0 Å². The maximum atomic E-state index is 13.1. The third-order valence-corrected chi connectivity index (χ3v) is 3.07. The minimum Gasteiger partial charge on any atom is -0.485 e. The molecule has 0 atom stereocenters. The second kappa shape index (κ2) is 4.68. The molecule has 1 aliphatic rings. The van der Waals surface area contributed by atoms with E-state index in [1.807, 2.05) is 0 Å². The predicted octanol–water partition coefficient (Wildman–Crippen LogP) is 3.43. The summed E-state index contributed by atoms with van der Waals surface area (Å²) in [6.07, 6.45) is 2.22. The molecule has 1 aliphatic carbocycles. The van der Waals surface area contributed by atoms with Crippen molar-refractivity contribution in [1.29, 1.82) is 0 Å². The van der Waals surface area contributed by atoms with Gasteiger partial charge in [-0.15, -0.1) is 0 Å². The molecule has 0 bridgehead atoms. The first-order valence-corrected chi connectivity index (χ1v) is 6.41. The van der Waals surface area contributed by atoms with Gasteiger partial charge in [-0.3, -0.25) is 0 Å². The molecule has 0 unspecified atom stereocenters. The van der Waals surface area contributed by atoms with Crippen LogP contribution in [-0.4, -0.2) is 10.1 Å². The fraction of sp³-hybridized carbons (Fsp3) is 0.333. The highest BCUT2D eigenvalue weighted by Gasteiger charge is 2.29. The fourth-order valence-electron chi connectivity index (χ4n) is 1.58. The van der Waals surface area contributed by atoms with E-state index in [0.29, 0.717) is 27.9 Å². The lowest BCUT2D eigenvalue weighted by Crippen LogP contribution is -1.98. The van der Waals surface area contributed by atoms with Crippen LogP contribution in [0.15, 0.2) is 27.2 Å². The Balaban J connectivity index is 1.65. The lowest BCUT2D eigenvalue weighted by Gasteiger charge is -2.03. The molecule has 0 saturated heterocycles. The van der Waals surface area contributed by atoms with Crippen molar-refractivity contribution in [2.75, 3.05) is 0 Å². The molecule has 0 radical (unpaired) electrons. The van der Waals surface area contributed by atoms with Crippen molar-refractivity contribution < 1.29 is 13.7 Å². The zero-order chi connectivity index (χ0) is 12.5. The first kappa shape index (κ1) is 11.6. The highest BCUT2D eigenvalue weighted by atomic mass is 79.9. The number of rotatable bonds is 4. The van der Waals surface area contributed by atoms with Crippen LogP contribution >= 0.6 is 15.9 Å². The van der Waals surface area contributed by atoms with Crippen LogP contribution in [0.4, 0.5) is 4.39 Å². The Morgan fingerprint density at radius 1 is 1.39 bits per heavy atom. The molecular weight excluding hydrogens is 303 g/mol. The van der Waals surface area contributed by atoms with Crippen LogP contribution in [0.5, 0.6) is 5.75 Å². The van der Waals surface area contributed by atoms with Crippen LogP contribution in [0.2, 0.25) is 0 Å². The molecule has 94 valence electrons. The Bertz CT molecular complexity index is 549. The molecule has 3 rings (SSSR count). The molecule has 1 aromatic heterocycles. The molecule has 0 N–H and O–H groups in total. The van der Waals surface area contributed by atoms with E-state index in [9.17, 15) is 4.39 Å². The van der Waals surface area contributed by atoms with Gasteiger partial charge in [0, 0.05) is 16.5 Å². The Kier molecular flexibility index (Phi) is 3.03. The quantitative estimate of drug-likeness (QED) is 0.868. The third kappa shape index (κ3) is 2.69. The third-order valence-electron chi connectivity index (χ3n) is 2.61. The number of halogens is 2. The number of nitrogens with zero attached hydrogens (tertiary/aromatic N) is 2. The van der Waals surface area contributed by atoms with E-state index in [4.69, 9.17) is 9.26 Å². The molecule has 1 aromatic carbocycles. The number of benzene rings is 1. The van der Waals surface area contributed by atoms with Gasteiger partial charge < -0.3 is 9.26 Å². The van der Waals surface area contributed by atoms with Crippen LogP contribution in [-0.2, 0) is 6.61 Å². The first-order valence-electron chi connectivity index (χ1n) is 5.62. The molecule has 0 aliphatic heterocycles. The van der Waals surface area contributed by atoms with E-state index in [0.717, 1.165) is 12.8 Å². The lowest BCUT2D eigenvalue weighted by molar-refractivity contribution is 0.283. The average Bonchev–Trinajstić information content (AvgIpc) is 3.05. The van der Waals surface area contributed by atoms with Gasteiger partial charge >= 0.3 is 0 Å². The van der Waals surface area contributed by atoms with Crippen molar-refractivity contribution in [3.8, 4) is 5.75 Å². The largest absolute Gasteiger partial charge is 0.485 e. The zero-order valence-corrected chi connectivity index (χ0v) is 11.0. The summed E-state index contributed by atoms with van der Waals surface area (Å²) in [5.74, 6) is 1.66. The SMILES string of the molecule is Fc1cc(Br)cc(OCc2noc(C3CC3)n2)c1. The number of aromatic nitrogens is 2. The van der Waals surface area contributed by atoms with Gasteiger partial charge in [-0.05, 0) is 25.0 Å². The van der Waals surface area contributed by atoms with Gasteiger partial charge in [0.1, 0.15) is 11.6 Å². The predicted molar refractivity (Wildman–Crippen MR) is 64.7 cm³/mol. The monoisotopic (exact) mass is 312 g/mol. The summed E-state index contributed by atoms with van der Waals surface area (Å²) >= 11 is 3.20. The number of hydrogen-bond acceptors (Lipinski definition) is 4. The molecule has 0 spiro atoms. The lowest BCUT2D eigenvalue weighted by atomic mass is 10.3. The Morgan fingerprint density at radius 3 is 2.94 bits per heavy atom. The molecule has 1 saturated carbocycles. The van der Waals surface area contributed by atoms with Crippen LogP contribution in [0.25, 0.3) is 0 Å². The van der Waals surface area contributed by atoms with Crippen molar-refractivity contribution in [3.05, 3.63) is 40.2 Å². The molecule has 1 fully saturated rings. The van der Waals surface area contributed by atoms with Crippen LogP contribution in [0, 0.1) is 5.82 Å². The zero-order valence-electron chi connectivity index (χ0n) is 9.40. The Morgan fingerprint density at radius 2 is 2.22 bits per heavy atom. The first-order chi connectivity index (χ1) is 8.70. The average molecular weight is 313 g/mol. The van der Waals surface area contributed by atoms with Gasteiger partial charge in [0.25, 0.3) is 0 Å². The molecule has 18 heavy (non-hydrogen) atoms. The van der Waals surface area contributed by atoms with Crippen molar-refractivity contribution >= 4 is 15.9 Å². The summed E-state index contributed by atoms with van der Waals surface area (Å²) < 4.78 is 24.3. The van der Waals surface area contributed by atoms with Gasteiger partial charge in [-0.25, -0.2) is 4.39 Å². The summed E-state index contributed by atoms with van der Waals surface area (Å²) in [4.78, 5) is 4.22. The Labute approximate surface area is 111 Å². The van der Waals surface area contributed by atoms with Crippen molar-refractivity contribution in [2.45, 2.75) is 25.4 Å². The summed E-state index contributed by atoms with van der Waals surface area (Å²) in [5, 5.41) is 3.82. The standard InChI is InChI=1S/C12H10BrFN2O2/c13-8-3-9(14)5-10(4-8)17-6-11-15-12(18-16-11)7-1-2-7/h3-5,7H,1-2,6H2. The topological polar surface area (TPSA) is 48.2 Å². The van der Waals surface area contributed by atoms with Crippen LogP contribution < -0.4 is 4.74 Å². The van der Waals surface area contributed by atoms with E-state index >= 15 is 0 Å². The van der Waals surface area contributed by atoms with Gasteiger partial charge in [0.05, 0.1) is 0 Å². The number of ether oxygens (including phenoxy) is 1. The highest BCUT2D eigenvalue weighted by Crippen LogP contribution is 2.38. The summed E-state index contributed by atoms with van der Waals surface area (Å²) in [6.45, 7) is 0.173. The van der Waals surface area contributed by atoms with E-state index in [-0.39, 0.29) is 12.4 Å². The number of hydrogen-bond donors (Lipinski definition) is 0. The molecule has 0 amide bonds. The minimum atomic E-state index is -0.355. The van der Waals surface area contributed by atoms with E-state index < -0.39 is 0 Å². The van der Waals surface area contributed by atoms with Gasteiger partial charge in [0.15, 0.2) is 6.61 Å². The van der Waals surface area contributed by atoms with Gasteiger partial charge in [-0.1, -0.05) is 21.1 Å². The maximum Gasteiger partial charge on any atom is 0.229 e. The van der Waals surface area contributed by atoms with E-state index in [1.54, 1.807) is 6.07 Å². The minimum absolute atomic E-state index is 0.173. The van der Waals surface area contributed by atoms with E-state index in [2.05, 4.69) is 26.1 Å². The molecular formula is C12H10BrFN2O2.